The van der Waals surface area contributed by atoms with E-state index in [0.717, 1.165) is 121 Å². The van der Waals surface area contributed by atoms with Crippen LogP contribution in [0.5, 0.6) is 0 Å². The first-order valence-electron chi connectivity index (χ1n) is 26.5. The van der Waals surface area contributed by atoms with Gasteiger partial charge in [0.2, 0.25) is 5.95 Å². The molecule has 0 saturated carbocycles. The number of furan rings is 1. The second kappa shape index (κ2) is 16.5. The molecule has 5 aromatic heterocycles. The van der Waals surface area contributed by atoms with Crippen molar-refractivity contribution in [3.63, 3.8) is 0 Å². The molecule has 17 aromatic rings. The molecule has 12 aromatic carbocycles. The van der Waals surface area contributed by atoms with Gasteiger partial charge in [0, 0.05) is 70.8 Å². The van der Waals surface area contributed by atoms with Crippen molar-refractivity contribution in [3.05, 3.63) is 261 Å². The van der Waals surface area contributed by atoms with Crippen LogP contribution in [0.3, 0.4) is 0 Å². The molecule has 0 bridgehead atoms. The first-order chi connectivity index (χ1) is 38.7. The molecule has 0 amide bonds. The number of rotatable bonds is 6. The highest BCUT2D eigenvalue weighted by molar-refractivity contribution is 6.15. The van der Waals surface area contributed by atoms with Crippen LogP contribution in [-0.2, 0) is 0 Å². The van der Waals surface area contributed by atoms with Crippen LogP contribution in [0.2, 0.25) is 0 Å². The number of benzene rings is 12. The average Bonchev–Trinajstić information content (AvgIpc) is 4.40. The summed E-state index contributed by atoms with van der Waals surface area (Å²) in [6, 6.07) is 94.0. The molecule has 6 heteroatoms. The molecule has 0 unspecified atom stereocenters. The summed E-state index contributed by atoms with van der Waals surface area (Å²) < 4.78 is 13.2. The Morgan fingerprint density at radius 1 is 0.256 bits per heavy atom. The molecule has 0 radical (unpaired) electrons. The Morgan fingerprint density at radius 2 is 0.731 bits per heavy atom. The predicted octanol–water partition coefficient (Wildman–Crippen LogP) is 19.0. The Hall–Kier alpha value is -10.6. The fraction of sp³-hybridized carbons (Fsp3) is 0. The lowest BCUT2D eigenvalue weighted by atomic mass is 10.0. The minimum Gasteiger partial charge on any atom is -0.456 e. The van der Waals surface area contributed by atoms with E-state index in [2.05, 4.69) is 262 Å². The monoisotopic (exact) mass is 993 g/mol. The van der Waals surface area contributed by atoms with Crippen LogP contribution in [0.1, 0.15) is 0 Å². The van der Waals surface area contributed by atoms with E-state index in [1.54, 1.807) is 0 Å². The first kappa shape index (κ1) is 42.8. The molecule has 0 N–H and O–H groups in total. The van der Waals surface area contributed by atoms with Crippen LogP contribution in [0.4, 0.5) is 0 Å². The maximum absolute atomic E-state index is 6.20. The summed E-state index contributed by atoms with van der Waals surface area (Å²) in [5, 5.41) is 12.6. The molecule has 6 nitrogen and oxygen atoms in total. The number of nitrogens with zero attached hydrogens (tertiary/aromatic N) is 5. The minimum atomic E-state index is 0.624. The molecule has 5 heterocycles. The molecule has 0 spiro atoms. The zero-order chi connectivity index (χ0) is 51.0. The van der Waals surface area contributed by atoms with Crippen molar-refractivity contribution in [1.82, 2.24) is 23.7 Å². The Balaban J connectivity index is 0.826. The molecule has 0 aliphatic carbocycles. The summed E-state index contributed by atoms with van der Waals surface area (Å²) in [6.45, 7) is 0. The van der Waals surface area contributed by atoms with Crippen LogP contribution >= 0.6 is 0 Å². The molecular formula is C72H43N5O. The van der Waals surface area contributed by atoms with E-state index in [-0.39, 0.29) is 0 Å². The number of hydrogen-bond acceptors (Lipinski definition) is 3. The van der Waals surface area contributed by atoms with Gasteiger partial charge in [0.25, 0.3) is 0 Å². The second-order valence-electron chi connectivity index (χ2n) is 20.5. The summed E-state index contributed by atoms with van der Waals surface area (Å²) in [7, 11) is 0. The largest absolute Gasteiger partial charge is 0.456 e. The van der Waals surface area contributed by atoms with E-state index < -0.39 is 0 Å². The van der Waals surface area contributed by atoms with Crippen molar-refractivity contribution in [2.24, 2.45) is 0 Å². The zero-order valence-corrected chi connectivity index (χ0v) is 42.0. The van der Waals surface area contributed by atoms with Gasteiger partial charge in [-0.1, -0.05) is 158 Å². The van der Waals surface area contributed by atoms with Gasteiger partial charge in [0.15, 0.2) is 0 Å². The van der Waals surface area contributed by atoms with Gasteiger partial charge in [0.05, 0.1) is 44.3 Å². The molecule has 0 atom stereocenters. The Labute approximate surface area is 446 Å². The highest BCUT2D eigenvalue weighted by Crippen LogP contribution is 2.42. The van der Waals surface area contributed by atoms with E-state index in [9.17, 15) is 0 Å². The molecule has 362 valence electrons. The molecule has 0 aliphatic rings. The first-order valence-corrected chi connectivity index (χ1v) is 26.5. The lowest BCUT2D eigenvalue weighted by Gasteiger charge is -2.15. The van der Waals surface area contributed by atoms with Crippen molar-refractivity contribution < 1.29 is 4.42 Å². The zero-order valence-electron chi connectivity index (χ0n) is 42.0. The van der Waals surface area contributed by atoms with Crippen LogP contribution in [0, 0.1) is 0 Å². The van der Waals surface area contributed by atoms with Crippen LogP contribution in [-0.4, -0.2) is 23.7 Å². The van der Waals surface area contributed by atoms with Crippen LogP contribution in [0.15, 0.2) is 265 Å². The van der Waals surface area contributed by atoms with E-state index >= 15 is 0 Å². The van der Waals surface area contributed by atoms with Gasteiger partial charge in [-0.05, 0) is 131 Å². The lowest BCUT2D eigenvalue weighted by molar-refractivity contribution is 0.669. The van der Waals surface area contributed by atoms with Gasteiger partial charge < -0.3 is 13.6 Å². The molecular weight excluding hydrogens is 951 g/mol. The smallest absolute Gasteiger partial charge is 0.235 e. The molecule has 0 saturated heterocycles. The average molecular weight is 994 g/mol. The van der Waals surface area contributed by atoms with Crippen molar-refractivity contribution in [2.45, 2.75) is 0 Å². The Kier molecular flexibility index (Phi) is 9.03. The normalized spacial score (nSPS) is 12.1. The Bertz CT molecular complexity index is 5350. The fourth-order valence-electron chi connectivity index (χ4n) is 12.7. The maximum atomic E-state index is 6.20. The van der Waals surface area contributed by atoms with Gasteiger partial charge in [0.1, 0.15) is 11.2 Å². The number of hydrogen-bond donors (Lipinski definition) is 0. The molecule has 0 aliphatic heterocycles. The van der Waals surface area contributed by atoms with Gasteiger partial charge >= 0.3 is 0 Å². The maximum Gasteiger partial charge on any atom is 0.235 e. The van der Waals surface area contributed by atoms with Crippen molar-refractivity contribution in [2.75, 3.05) is 0 Å². The topological polar surface area (TPSA) is 53.7 Å². The summed E-state index contributed by atoms with van der Waals surface area (Å²) in [5.74, 6) is 0.624. The van der Waals surface area contributed by atoms with Crippen LogP contribution in [0.25, 0.3) is 160 Å². The number of fused-ring (bicyclic) bond motifs is 15. The molecule has 78 heavy (non-hydrogen) atoms. The molecule has 0 fully saturated rings. The van der Waals surface area contributed by atoms with Crippen LogP contribution < -0.4 is 0 Å². The highest BCUT2D eigenvalue weighted by atomic mass is 16.3. The number of aromatic nitrogens is 5. The van der Waals surface area contributed by atoms with Gasteiger partial charge in [-0.2, -0.15) is 0 Å². The second-order valence-corrected chi connectivity index (χ2v) is 20.5. The van der Waals surface area contributed by atoms with E-state index in [1.165, 1.54) is 32.6 Å². The summed E-state index contributed by atoms with van der Waals surface area (Å²) in [5.41, 5.74) is 18.2. The van der Waals surface area contributed by atoms with Crippen molar-refractivity contribution in [3.8, 4) is 50.8 Å². The Morgan fingerprint density at radius 3 is 1.38 bits per heavy atom. The van der Waals surface area contributed by atoms with Gasteiger partial charge in [-0.3, -0.25) is 4.57 Å². The minimum absolute atomic E-state index is 0.624. The fourth-order valence-corrected chi connectivity index (χ4v) is 12.7. The lowest BCUT2D eigenvalue weighted by Crippen LogP contribution is -2.04. The SMILES string of the molecule is c1ccc(-n2c3ccccc3c3cc(-c4ccc5c(c4)c4ccccc4n5-c4nc(-c5cccc(-n6c7ccccc7c7cc(-c8ccc9oc%10ccccc%10c9c8)ccc76)c5)c5ccc6ccccc6c5n4)ccc32)cc1. The molecule has 17 rings (SSSR count). The van der Waals surface area contributed by atoms with E-state index in [1.807, 2.05) is 12.1 Å². The predicted molar refractivity (Wildman–Crippen MR) is 324 cm³/mol. The quantitative estimate of drug-likeness (QED) is 0.156. The summed E-state index contributed by atoms with van der Waals surface area (Å²) >= 11 is 0. The summed E-state index contributed by atoms with van der Waals surface area (Å²) in [6.07, 6.45) is 0. The third-order valence-corrected chi connectivity index (χ3v) is 16.2. The van der Waals surface area contributed by atoms with E-state index in [0.29, 0.717) is 5.95 Å². The van der Waals surface area contributed by atoms with E-state index in [4.69, 9.17) is 14.4 Å². The third-order valence-electron chi connectivity index (χ3n) is 16.2. The van der Waals surface area contributed by atoms with Crippen molar-refractivity contribution >= 4 is 109 Å². The van der Waals surface area contributed by atoms with Crippen molar-refractivity contribution in [1.29, 1.82) is 0 Å². The summed E-state index contributed by atoms with van der Waals surface area (Å²) in [4.78, 5) is 11.2. The van der Waals surface area contributed by atoms with Gasteiger partial charge in [-0.25, -0.2) is 9.97 Å². The standard InChI is InChI=1S/C72H43N5O/c1-2-17-50(18-3-1)75-62-25-10-6-21-53(62)58-40-45(30-35-65(58)75)46-32-37-67-60(42-46)55-23-8-12-27-64(55)77(67)72-73-70(57-34-29-44-15-4-5-20-52(44)71(57)74-72)49-16-14-19-51(39-49)76-63-26-11-7-22-54(63)59-41-47(31-36-66(59)76)48-33-38-69-61(43-48)56-24-9-13-28-68(56)78-69/h1-43H. The van der Waals surface area contributed by atoms with Gasteiger partial charge in [-0.15, -0.1) is 0 Å². The number of para-hydroxylation sites is 5. The third kappa shape index (κ3) is 6.31. The highest BCUT2D eigenvalue weighted by Gasteiger charge is 2.22.